The zero-order chi connectivity index (χ0) is 16.2. The molecule has 0 radical (unpaired) electrons. The van der Waals surface area contributed by atoms with E-state index in [0.29, 0.717) is 17.8 Å². The smallest absolute Gasteiger partial charge is 0.410 e. The zero-order valence-electron chi connectivity index (χ0n) is 11.6. The molecule has 4 nitrogen and oxygen atoms in total. The summed E-state index contributed by atoms with van der Waals surface area (Å²) in [7, 11) is 0. The van der Waals surface area contributed by atoms with Gasteiger partial charge < -0.3 is 15.8 Å². The highest BCUT2D eigenvalue weighted by atomic mass is 19.4. The lowest BCUT2D eigenvalue weighted by Gasteiger charge is -2.16. The molecule has 0 heterocycles. The molecule has 0 spiro atoms. The third-order valence-electron chi connectivity index (χ3n) is 3.07. The second-order valence-electron chi connectivity index (χ2n) is 4.73. The summed E-state index contributed by atoms with van der Waals surface area (Å²) in [5.74, 6) is -0.550. The van der Waals surface area contributed by atoms with Crippen LogP contribution in [0.2, 0.25) is 0 Å². The fourth-order valence-electron chi connectivity index (χ4n) is 2.03. The monoisotopic (exact) mass is 312 g/mol. The molecule has 0 bridgehead atoms. The third-order valence-corrected chi connectivity index (χ3v) is 3.07. The maximum atomic E-state index is 12.1. The van der Waals surface area contributed by atoms with Gasteiger partial charge in [0.15, 0.2) is 0 Å². The summed E-state index contributed by atoms with van der Waals surface area (Å²) in [6.07, 6.45) is -1.98. The Morgan fingerprint density at radius 2 is 2.05 bits per heavy atom. The lowest BCUT2D eigenvalue weighted by molar-refractivity contribution is -0.306. The van der Waals surface area contributed by atoms with Gasteiger partial charge in [-0.1, -0.05) is 18.2 Å². The predicted molar refractivity (Wildman–Crippen MR) is 75.5 cm³/mol. The lowest BCUT2D eigenvalue weighted by Crippen LogP contribution is -2.18. The number of amides is 1. The molecule has 1 aromatic rings. The van der Waals surface area contributed by atoms with Crippen molar-refractivity contribution >= 4 is 11.6 Å². The van der Waals surface area contributed by atoms with Crippen LogP contribution in [0.25, 0.3) is 0 Å². The van der Waals surface area contributed by atoms with Crippen LogP contribution in [-0.4, -0.2) is 12.3 Å². The molecule has 1 aliphatic carbocycles. The first kappa shape index (κ1) is 16.1. The topological polar surface area (TPSA) is 64.3 Å². The molecule has 0 saturated heterocycles. The number of hydrogen-bond donors (Lipinski definition) is 2. The highest BCUT2D eigenvalue weighted by molar-refractivity contribution is 6.04. The van der Waals surface area contributed by atoms with Crippen LogP contribution in [0.5, 0.6) is 0 Å². The number of carbonyl (C=O) groups is 1. The average Bonchev–Trinajstić information content (AvgIpc) is 2.46. The normalized spacial score (nSPS) is 14.9. The van der Waals surface area contributed by atoms with Gasteiger partial charge in [0, 0.05) is 24.2 Å². The van der Waals surface area contributed by atoms with Crippen molar-refractivity contribution < 1.29 is 22.7 Å². The highest BCUT2D eigenvalue weighted by Crippen LogP contribution is 2.27. The molecule has 0 unspecified atom stereocenters. The molecule has 0 aromatic heterocycles. The Kier molecular flexibility index (Phi) is 4.87. The predicted octanol–water partition coefficient (Wildman–Crippen LogP) is 3.22. The molecule has 7 heteroatoms. The fourth-order valence-corrected chi connectivity index (χ4v) is 2.03. The lowest BCUT2D eigenvalue weighted by atomic mass is 10.0. The van der Waals surface area contributed by atoms with E-state index in [2.05, 4.69) is 10.1 Å². The molecule has 3 N–H and O–H groups in total. The molecule has 0 aliphatic heterocycles. The first-order valence-corrected chi connectivity index (χ1v) is 6.63. The first-order chi connectivity index (χ1) is 10.4. The van der Waals surface area contributed by atoms with Gasteiger partial charge in [-0.25, -0.2) is 0 Å². The minimum absolute atomic E-state index is 0.0294. The molecule has 0 fully saturated rings. The van der Waals surface area contributed by atoms with Gasteiger partial charge in [0.05, 0.1) is 0 Å². The molecule has 1 aliphatic rings. The van der Waals surface area contributed by atoms with Crippen molar-refractivity contribution in [3.63, 3.8) is 0 Å². The molecule has 2 rings (SSSR count). The van der Waals surface area contributed by atoms with E-state index in [-0.39, 0.29) is 24.5 Å². The van der Waals surface area contributed by atoms with Crippen molar-refractivity contribution in [2.45, 2.75) is 25.7 Å². The number of carbonyl (C=O) groups excluding carboxylic acids is 1. The Labute approximate surface area is 125 Å². The Hall–Kier alpha value is -2.28. The number of rotatable bonds is 4. The van der Waals surface area contributed by atoms with E-state index < -0.39 is 6.36 Å². The molecule has 1 amide bonds. The van der Waals surface area contributed by atoms with Gasteiger partial charge in [-0.15, -0.1) is 13.2 Å². The SMILES string of the molecule is NCc1cccc(NC(=O)C2=CC=C(OC(F)(F)F)CC2)c1. The van der Waals surface area contributed by atoms with E-state index in [1.165, 1.54) is 12.2 Å². The van der Waals surface area contributed by atoms with Crippen molar-refractivity contribution in [2.24, 2.45) is 5.73 Å². The van der Waals surface area contributed by atoms with Gasteiger partial charge in [0.1, 0.15) is 5.76 Å². The molecular formula is C15H15F3N2O2. The molecular weight excluding hydrogens is 297 g/mol. The van der Waals surface area contributed by atoms with E-state index in [9.17, 15) is 18.0 Å². The van der Waals surface area contributed by atoms with E-state index in [1.54, 1.807) is 18.2 Å². The number of anilines is 1. The number of hydrogen-bond acceptors (Lipinski definition) is 3. The summed E-state index contributed by atoms with van der Waals surface area (Å²) < 4.78 is 40.1. The zero-order valence-corrected chi connectivity index (χ0v) is 11.6. The van der Waals surface area contributed by atoms with E-state index >= 15 is 0 Å². The van der Waals surface area contributed by atoms with E-state index in [0.717, 1.165) is 5.56 Å². The van der Waals surface area contributed by atoms with Gasteiger partial charge in [0.25, 0.3) is 5.91 Å². The van der Waals surface area contributed by atoms with Crippen molar-refractivity contribution in [3.8, 4) is 0 Å². The Morgan fingerprint density at radius 3 is 2.64 bits per heavy atom. The van der Waals surface area contributed by atoms with Gasteiger partial charge in [-0.3, -0.25) is 4.79 Å². The first-order valence-electron chi connectivity index (χ1n) is 6.63. The number of alkyl halides is 3. The van der Waals surface area contributed by atoms with Gasteiger partial charge in [-0.2, -0.15) is 0 Å². The summed E-state index contributed by atoms with van der Waals surface area (Å²) in [6, 6.07) is 7.06. The Morgan fingerprint density at radius 1 is 1.27 bits per heavy atom. The van der Waals surface area contributed by atoms with Crippen LogP contribution in [0, 0.1) is 0 Å². The largest absolute Gasteiger partial charge is 0.572 e. The van der Waals surface area contributed by atoms with Crippen LogP contribution in [0.3, 0.4) is 0 Å². The number of halogens is 3. The quantitative estimate of drug-likeness (QED) is 0.897. The van der Waals surface area contributed by atoms with E-state index in [4.69, 9.17) is 5.73 Å². The average molecular weight is 312 g/mol. The molecule has 1 aromatic carbocycles. The maximum absolute atomic E-state index is 12.1. The van der Waals surface area contributed by atoms with Gasteiger partial charge in [0.2, 0.25) is 0 Å². The van der Waals surface area contributed by atoms with Crippen LogP contribution in [0.1, 0.15) is 18.4 Å². The second kappa shape index (κ2) is 6.65. The number of nitrogens with one attached hydrogen (secondary N) is 1. The van der Waals surface area contributed by atoms with E-state index in [1.807, 2.05) is 6.07 Å². The van der Waals surface area contributed by atoms with Crippen LogP contribution < -0.4 is 11.1 Å². The van der Waals surface area contributed by atoms with Crippen molar-refractivity contribution in [1.29, 1.82) is 0 Å². The second-order valence-corrected chi connectivity index (χ2v) is 4.73. The van der Waals surface area contributed by atoms with Crippen molar-refractivity contribution in [2.75, 3.05) is 5.32 Å². The minimum Gasteiger partial charge on any atom is -0.410 e. The summed E-state index contributed by atoms with van der Waals surface area (Å²) >= 11 is 0. The summed E-state index contributed by atoms with van der Waals surface area (Å²) in [5.41, 5.74) is 7.38. The standard InChI is InChI=1S/C15H15F3N2O2/c16-15(17,18)22-13-6-4-11(5-7-13)14(21)20-12-3-1-2-10(8-12)9-19/h1-4,6,8H,5,7,9,19H2,(H,20,21). The summed E-state index contributed by atoms with van der Waals surface area (Å²) in [5, 5.41) is 2.69. The van der Waals surface area contributed by atoms with Crippen LogP contribution >= 0.6 is 0 Å². The summed E-state index contributed by atoms with van der Waals surface area (Å²) in [6.45, 7) is 0.354. The van der Waals surface area contributed by atoms with Crippen LogP contribution in [0.15, 0.2) is 47.7 Å². The molecule has 0 saturated carbocycles. The van der Waals surface area contributed by atoms with Gasteiger partial charge in [-0.05, 0) is 30.2 Å². The maximum Gasteiger partial charge on any atom is 0.572 e. The van der Waals surface area contributed by atoms with Crippen molar-refractivity contribution in [1.82, 2.24) is 0 Å². The number of allylic oxidation sites excluding steroid dienone is 3. The highest BCUT2D eigenvalue weighted by Gasteiger charge is 2.32. The Bertz CT molecular complexity index is 621. The van der Waals surface area contributed by atoms with Crippen LogP contribution in [-0.2, 0) is 16.1 Å². The summed E-state index contributed by atoms with van der Waals surface area (Å²) in [4.78, 5) is 12.1. The van der Waals surface area contributed by atoms with Crippen LogP contribution in [0.4, 0.5) is 18.9 Å². The molecule has 118 valence electrons. The number of benzene rings is 1. The number of nitrogens with two attached hydrogens (primary N) is 1. The fraction of sp³-hybridized carbons (Fsp3) is 0.267. The molecule has 22 heavy (non-hydrogen) atoms. The van der Waals surface area contributed by atoms with Gasteiger partial charge >= 0.3 is 6.36 Å². The van der Waals surface area contributed by atoms with Crippen molar-refractivity contribution in [3.05, 3.63) is 53.3 Å². The molecule has 0 atom stereocenters. The Balaban J connectivity index is 2.01. The number of ether oxygens (including phenoxy) is 1. The minimum atomic E-state index is -4.71. The third kappa shape index (κ3) is 4.63.